The van der Waals surface area contributed by atoms with Crippen LogP contribution in [-0.2, 0) is 16.0 Å². The second kappa shape index (κ2) is 10.1. The zero-order valence-electron chi connectivity index (χ0n) is 17.6. The standard InChI is InChI=1S/C24H30FNO4/c1-4-7-18(29-3)8-5-6-9-26-14-21(20-10-16(2)11-22(25)24(20)26)23-13-17(28)12-19(15-27)30-23/h4-5,7-8,10-11,14,17,19,23,27-28H,1,6,9,12-13,15H2,2-3H3/b8-5-,18-7+/t17-,19-,23+/m0/s1. The molecule has 0 saturated carbocycles. The van der Waals surface area contributed by atoms with Crippen LogP contribution in [0.5, 0.6) is 0 Å². The van der Waals surface area contributed by atoms with Gasteiger partial charge in [-0.1, -0.05) is 18.7 Å². The molecule has 1 aromatic carbocycles. The van der Waals surface area contributed by atoms with Crippen molar-refractivity contribution in [2.24, 2.45) is 0 Å². The maximum Gasteiger partial charge on any atom is 0.147 e. The second-order valence-corrected chi connectivity index (χ2v) is 7.68. The topological polar surface area (TPSA) is 63.9 Å². The van der Waals surface area contributed by atoms with Gasteiger partial charge in [-0.15, -0.1) is 0 Å². The summed E-state index contributed by atoms with van der Waals surface area (Å²) in [6.07, 6.45) is 9.33. The number of ether oxygens (including phenoxy) is 2. The maximum atomic E-state index is 14.9. The largest absolute Gasteiger partial charge is 0.497 e. The first-order valence-electron chi connectivity index (χ1n) is 10.2. The first-order valence-corrected chi connectivity index (χ1v) is 10.2. The van der Waals surface area contributed by atoms with Crippen molar-refractivity contribution < 1.29 is 24.1 Å². The first kappa shape index (κ1) is 22.3. The van der Waals surface area contributed by atoms with E-state index in [-0.39, 0.29) is 18.5 Å². The predicted octanol–water partition coefficient (Wildman–Crippen LogP) is 4.32. The Hall–Kier alpha value is -2.41. The summed E-state index contributed by atoms with van der Waals surface area (Å²) in [5.41, 5.74) is 2.20. The quantitative estimate of drug-likeness (QED) is 0.498. The molecule has 0 bridgehead atoms. The lowest BCUT2D eigenvalue weighted by molar-refractivity contribution is -0.113. The summed E-state index contributed by atoms with van der Waals surface area (Å²) in [6.45, 7) is 5.95. The summed E-state index contributed by atoms with van der Waals surface area (Å²) in [4.78, 5) is 0. The van der Waals surface area contributed by atoms with E-state index in [2.05, 4.69) is 6.58 Å². The molecule has 6 heteroatoms. The minimum absolute atomic E-state index is 0.148. The van der Waals surface area contributed by atoms with Crippen molar-refractivity contribution in [2.45, 2.75) is 51.0 Å². The molecule has 5 nitrogen and oxygen atoms in total. The van der Waals surface area contributed by atoms with Gasteiger partial charge in [0.05, 0.1) is 37.5 Å². The van der Waals surface area contributed by atoms with Crippen molar-refractivity contribution >= 4 is 10.9 Å². The number of aromatic nitrogens is 1. The Kier molecular flexibility index (Phi) is 7.48. The molecule has 2 aromatic rings. The van der Waals surface area contributed by atoms with Crippen LogP contribution in [0.1, 0.15) is 36.5 Å². The molecule has 3 rings (SSSR count). The van der Waals surface area contributed by atoms with Gasteiger partial charge >= 0.3 is 0 Å². The zero-order chi connectivity index (χ0) is 21.7. The minimum atomic E-state index is -0.555. The fourth-order valence-electron chi connectivity index (χ4n) is 4.01. The maximum absolute atomic E-state index is 14.9. The minimum Gasteiger partial charge on any atom is -0.497 e. The highest BCUT2D eigenvalue weighted by Gasteiger charge is 2.31. The normalized spacial score (nSPS) is 22.7. The van der Waals surface area contributed by atoms with Gasteiger partial charge in [-0.3, -0.25) is 0 Å². The number of benzene rings is 1. The molecule has 0 amide bonds. The number of fused-ring (bicyclic) bond motifs is 1. The van der Waals surface area contributed by atoms with E-state index < -0.39 is 12.2 Å². The number of aliphatic hydroxyl groups is 2. The average Bonchev–Trinajstić information content (AvgIpc) is 3.08. The van der Waals surface area contributed by atoms with Crippen molar-refractivity contribution in [3.63, 3.8) is 0 Å². The lowest BCUT2D eigenvalue weighted by Crippen LogP contribution is -2.33. The zero-order valence-corrected chi connectivity index (χ0v) is 17.6. The molecule has 2 N–H and O–H groups in total. The van der Waals surface area contributed by atoms with Crippen LogP contribution < -0.4 is 0 Å². The van der Waals surface area contributed by atoms with Gasteiger partial charge < -0.3 is 24.3 Å². The van der Waals surface area contributed by atoms with Crippen LogP contribution in [0.15, 0.2) is 55.0 Å². The molecule has 162 valence electrons. The van der Waals surface area contributed by atoms with Gasteiger partial charge in [-0.05, 0) is 43.2 Å². The fourth-order valence-corrected chi connectivity index (χ4v) is 4.01. The smallest absolute Gasteiger partial charge is 0.147 e. The number of hydrogen-bond donors (Lipinski definition) is 2. The molecule has 1 saturated heterocycles. The third kappa shape index (κ3) is 5.01. The summed E-state index contributed by atoms with van der Waals surface area (Å²) in [6, 6.07) is 3.48. The van der Waals surface area contributed by atoms with Crippen molar-refractivity contribution in [1.82, 2.24) is 4.57 Å². The predicted molar refractivity (Wildman–Crippen MR) is 116 cm³/mol. The Bertz CT molecular complexity index is 946. The van der Waals surface area contributed by atoms with E-state index in [0.29, 0.717) is 37.1 Å². The highest BCUT2D eigenvalue weighted by atomic mass is 19.1. The molecule has 30 heavy (non-hydrogen) atoms. The number of halogens is 1. The number of hydrogen-bond acceptors (Lipinski definition) is 4. The molecule has 0 radical (unpaired) electrons. The van der Waals surface area contributed by atoms with Crippen LogP contribution in [-0.4, -0.2) is 40.7 Å². The van der Waals surface area contributed by atoms with E-state index >= 15 is 0 Å². The summed E-state index contributed by atoms with van der Waals surface area (Å²) < 4.78 is 28.0. The summed E-state index contributed by atoms with van der Waals surface area (Å²) in [5.74, 6) is 0.420. The van der Waals surface area contributed by atoms with Crippen molar-refractivity contribution in [2.75, 3.05) is 13.7 Å². The van der Waals surface area contributed by atoms with E-state index in [1.165, 1.54) is 6.07 Å². The lowest BCUT2D eigenvalue weighted by Gasteiger charge is -2.32. The lowest BCUT2D eigenvalue weighted by atomic mass is 9.95. The summed E-state index contributed by atoms with van der Waals surface area (Å²) in [7, 11) is 1.60. The third-order valence-electron chi connectivity index (χ3n) is 5.37. The van der Waals surface area contributed by atoms with Gasteiger partial charge in [0, 0.05) is 36.5 Å². The molecule has 1 aliphatic rings. The van der Waals surface area contributed by atoms with Gasteiger partial charge in [0.2, 0.25) is 0 Å². The van der Waals surface area contributed by atoms with E-state index in [1.54, 1.807) is 19.3 Å². The second-order valence-electron chi connectivity index (χ2n) is 7.68. The Morgan fingerprint density at radius 1 is 1.40 bits per heavy atom. The summed E-state index contributed by atoms with van der Waals surface area (Å²) in [5, 5.41) is 20.5. The third-order valence-corrected chi connectivity index (χ3v) is 5.37. The van der Waals surface area contributed by atoms with E-state index in [9.17, 15) is 14.6 Å². The van der Waals surface area contributed by atoms with E-state index in [1.807, 2.05) is 35.9 Å². The van der Waals surface area contributed by atoms with Crippen molar-refractivity contribution in [3.8, 4) is 0 Å². The highest BCUT2D eigenvalue weighted by Crippen LogP contribution is 2.37. The molecule has 0 unspecified atom stereocenters. The van der Waals surface area contributed by atoms with E-state index in [0.717, 1.165) is 16.5 Å². The van der Waals surface area contributed by atoms with Crippen LogP contribution in [0.3, 0.4) is 0 Å². The van der Waals surface area contributed by atoms with Crippen molar-refractivity contribution in [3.05, 3.63) is 71.9 Å². The van der Waals surface area contributed by atoms with Crippen LogP contribution in [0.4, 0.5) is 4.39 Å². The first-order chi connectivity index (χ1) is 14.5. The number of methoxy groups -OCH3 is 1. The monoisotopic (exact) mass is 415 g/mol. The molecule has 1 aliphatic heterocycles. The number of aryl methyl sites for hydroxylation is 2. The van der Waals surface area contributed by atoms with Crippen molar-refractivity contribution in [1.29, 1.82) is 0 Å². The van der Waals surface area contributed by atoms with Crippen LogP contribution in [0, 0.1) is 12.7 Å². The number of rotatable bonds is 8. The Morgan fingerprint density at radius 2 is 2.20 bits per heavy atom. The van der Waals surface area contributed by atoms with Crippen LogP contribution in [0.25, 0.3) is 10.9 Å². The van der Waals surface area contributed by atoms with Gasteiger partial charge in [0.15, 0.2) is 0 Å². The van der Waals surface area contributed by atoms with Crippen LogP contribution in [0.2, 0.25) is 0 Å². The SMILES string of the molecule is C=C/C=C(\C=C/CCn1cc([C@H]2C[C@@H](O)C[C@@H](CO)O2)c2cc(C)cc(F)c21)OC. The molecular formula is C24H30FNO4. The molecule has 3 atom stereocenters. The Labute approximate surface area is 176 Å². The highest BCUT2D eigenvalue weighted by molar-refractivity contribution is 5.85. The van der Waals surface area contributed by atoms with Crippen LogP contribution >= 0.6 is 0 Å². The van der Waals surface area contributed by atoms with Gasteiger partial charge in [0.1, 0.15) is 11.6 Å². The van der Waals surface area contributed by atoms with Gasteiger partial charge in [-0.25, -0.2) is 4.39 Å². The molecular weight excluding hydrogens is 385 g/mol. The number of allylic oxidation sites excluding steroid dienone is 4. The summed E-state index contributed by atoms with van der Waals surface area (Å²) >= 11 is 0. The molecule has 1 aromatic heterocycles. The molecule has 0 spiro atoms. The van der Waals surface area contributed by atoms with Gasteiger partial charge in [0.25, 0.3) is 0 Å². The number of nitrogens with zero attached hydrogens (tertiary/aromatic N) is 1. The molecule has 0 aliphatic carbocycles. The Balaban J connectivity index is 1.91. The molecule has 1 fully saturated rings. The average molecular weight is 416 g/mol. The number of aliphatic hydroxyl groups excluding tert-OH is 2. The molecule has 2 heterocycles. The van der Waals surface area contributed by atoms with Gasteiger partial charge in [-0.2, -0.15) is 0 Å². The fraction of sp³-hybridized carbons (Fsp3) is 0.417. The van der Waals surface area contributed by atoms with E-state index in [4.69, 9.17) is 9.47 Å². The Morgan fingerprint density at radius 3 is 2.90 bits per heavy atom.